The van der Waals surface area contributed by atoms with Crippen molar-refractivity contribution >= 4 is 63.7 Å². The van der Waals surface area contributed by atoms with Gasteiger partial charge in [-0.1, -0.05) is 125 Å². The van der Waals surface area contributed by atoms with Gasteiger partial charge in [-0.3, -0.25) is 0 Å². The van der Waals surface area contributed by atoms with Gasteiger partial charge in [-0.2, -0.15) is 0 Å². The van der Waals surface area contributed by atoms with E-state index in [4.69, 9.17) is 4.74 Å². The number of hydrogen-bond donors (Lipinski definition) is 3. The molecule has 340 valence electrons. The maximum absolute atomic E-state index is 10.7. The summed E-state index contributed by atoms with van der Waals surface area (Å²) in [5.41, 5.74) is 8.42. The molecule has 0 radical (unpaired) electrons. The van der Waals surface area contributed by atoms with Crippen LogP contribution in [0.4, 0.5) is 0 Å². The molecule has 0 aromatic rings. The Balaban J connectivity index is 0.000000134. The van der Waals surface area contributed by atoms with E-state index in [1.165, 1.54) is 102 Å². The average Bonchev–Trinajstić information content (AvgIpc) is 3.49. The van der Waals surface area contributed by atoms with Crippen molar-refractivity contribution in [2.45, 2.75) is 213 Å². The van der Waals surface area contributed by atoms with E-state index in [1.54, 1.807) is 29.2 Å². The summed E-state index contributed by atoms with van der Waals surface area (Å²) in [6.07, 6.45) is 26.7. The van der Waals surface area contributed by atoms with Crippen LogP contribution in [-0.4, -0.2) is 44.8 Å². The molecule has 4 nitrogen and oxygen atoms in total. The van der Waals surface area contributed by atoms with Crippen molar-refractivity contribution in [2.24, 2.45) is 51.2 Å². The summed E-state index contributed by atoms with van der Waals surface area (Å²) in [4.78, 5) is 8.54. The zero-order chi connectivity index (χ0) is 43.9. The van der Waals surface area contributed by atoms with E-state index in [0.717, 1.165) is 43.9 Å². The second-order valence-electron chi connectivity index (χ2n) is 21.7. The normalized spacial score (nSPS) is 48.3. The van der Waals surface area contributed by atoms with Crippen LogP contribution in [0, 0.1) is 51.2 Å². The van der Waals surface area contributed by atoms with Crippen molar-refractivity contribution < 1.29 is 20.1 Å². The fraction of sp³-hybridized carbons (Fsp3) is 0.808. The highest BCUT2D eigenvalue weighted by atomic mass is 79.9. The Morgan fingerprint density at radius 3 is 1.60 bits per heavy atom. The molecule has 9 rings (SSSR count). The monoisotopic (exact) mass is 1080 g/mol. The van der Waals surface area contributed by atoms with Crippen molar-refractivity contribution in [1.29, 1.82) is 0 Å². The maximum atomic E-state index is 10.7. The van der Waals surface area contributed by atoms with E-state index >= 15 is 0 Å². The molecule has 9 aliphatic rings. The predicted molar refractivity (Wildman–Crippen MR) is 266 cm³/mol. The van der Waals surface area contributed by atoms with E-state index in [-0.39, 0.29) is 17.1 Å². The van der Waals surface area contributed by atoms with Crippen LogP contribution in [0.25, 0.3) is 0 Å². The third-order valence-electron chi connectivity index (χ3n) is 19.4. The topological polar surface area (TPSA) is 73.2 Å². The van der Waals surface area contributed by atoms with E-state index in [0.29, 0.717) is 40.1 Å². The van der Waals surface area contributed by atoms with Crippen LogP contribution >= 0.6 is 63.7 Å². The van der Waals surface area contributed by atoms with Gasteiger partial charge in [0.15, 0.2) is 0 Å². The highest BCUT2D eigenvalue weighted by molar-refractivity contribution is 9.11. The lowest BCUT2D eigenvalue weighted by Gasteiger charge is -2.48. The van der Waals surface area contributed by atoms with Gasteiger partial charge >= 0.3 is 0 Å². The molecule has 9 fully saturated rings. The summed E-state index contributed by atoms with van der Waals surface area (Å²) in [6.45, 7) is 17.6. The van der Waals surface area contributed by atoms with Gasteiger partial charge in [-0.15, -0.1) is 0 Å². The molecule has 0 aromatic heterocycles. The smallest absolute Gasteiger partial charge is 0.100 e. The molecule has 3 N–H and O–H groups in total. The lowest BCUT2D eigenvalue weighted by Crippen LogP contribution is -2.53. The summed E-state index contributed by atoms with van der Waals surface area (Å²) < 4.78 is 5.99. The number of aliphatic hydroxyl groups is 3. The predicted octanol–water partition coefficient (Wildman–Crippen LogP) is 15.7. The van der Waals surface area contributed by atoms with Crippen molar-refractivity contribution in [1.82, 2.24) is 0 Å². The van der Waals surface area contributed by atoms with Crippen molar-refractivity contribution in [3.8, 4) is 0 Å². The van der Waals surface area contributed by atoms with Crippen LogP contribution in [0.3, 0.4) is 0 Å². The van der Waals surface area contributed by atoms with Gasteiger partial charge in [-0.05, 0) is 216 Å². The Hall–Kier alpha value is 0.460. The van der Waals surface area contributed by atoms with E-state index in [2.05, 4.69) is 126 Å². The number of aliphatic hydroxyl groups excluding tert-OH is 2. The van der Waals surface area contributed by atoms with Crippen LogP contribution in [0.5, 0.6) is 0 Å². The third kappa shape index (κ3) is 8.64. The van der Waals surface area contributed by atoms with Crippen molar-refractivity contribution in [2.75, 3.05) is 0 Å². The number of allylic oxidation sites excluding steroid dienone is 6. The minimum absolute atomic E-state index is 0.144. The Morgan fingerprint density at radius 1 is 0.600 bits per heavy atom. The van der Waals surface area contributed by atoms with Crippen molar-refractivity contribution in [3.63, 3.8) is 0 Å². The first-order valence-corrected chi connectivity index (χ1v) is 27.7. The summed E-state index contributed by atoms with van der Waals surface area (Å²) in [5, 5.41) is 30.5. The van der Waals surface area contributed by atoms with Crippen molar-refractivity contribution in [3.05, 3.63) is 53.9 Å². The molecular formula is C52H80Br4O4. The zero-order valence-electron chi connectivity index (χ0n) is 38.4. The molecule has 1 aliphatic heterocycles. The van der Waals surface area contributed by atoms with E-state index in [9.17, 15) is 15.3 Å². The van der Waals surface area contributed by atoms with E-state index < -0.39 is 11.7 Å². The summed E-state index contributed by atoms with van der Waals surface area (Å²) in [7, 11) is 0. The van der Waals surface area contributed by atoms with E-state index in [1.807, 2.05) is 11.9 Å². The van der Waals surface area contributed by atoms with Crippen LogP contribution in [0.2, 0.25) is 0 Å². The number of hydrogen-bond acceptors (Lipinski definition) is 4. The van der Waals surface area contributed by atoms with Crippen LogP contribution in [0.1, 0.15) is 184 Å². The lowest BCUT2D eigenvalue weighted by atomic mass is 9.61. The Bertz CT molecular complexity index is 1680. The van der Waals surface area contributed by atoms with Gasteiger partial charge in [0.05, 0.1) is 23.9 Å². The quantitative estimate of drug-likeness (QED) is 0.190. The van der Waals surface area contributed by atoms with Gasteiger partial charge in [-0.25, -0.2) is 0 Å². The molecule has 0 bridgehead atoms. The lowest BCUT2D eigenvalue weighted by molar-refractivity contribution is -0.143. The molecule has 0 aromatic carbocycles. The Labute approximate surface area is 399 Å². The van der Waals surface area contributed by atoms with Gasteiger partial charge in [0.25, 0.3) is 0 Å². The molecule has 1 spiro atoms. The first-order chi connectivity index (χ1) is 28.4. The second-order valence-corrected chi connectivity index (χ2v) is 23.6. The Kier molecular flexibility index (Phi) is 16.4. The average molecular weight is 1090 g/mol. The number of rotatable bonds is 2. The molecule has 0 amide bonds. The standard InChI is InChI=1S/C13H21BrO2.C13H19BrO.C13H21BrO.C13H19Br/c1-9(15)13(16)7-5-11-10(8-14)4-3-6-12(11,13)2;1-9-13(15-9)7-5-11-10(8-14)4-3-6-12(11,13)2;1-9(15)11-5-6-12-10(8-14)4-3-7-13(11,12)2;1-3-11-6-7-12-10(9-14)5-4-8-13(11,12)2/h8-9,11,15-16H,3-7H2,1-2H3;8-9,11H,3-7H2,1-2H3;8-9,11-12,15H,3-7H2,1-2H3;3,9,12H,4-8H2,1-2H3/b3*10-8+;10-9+,11-3+/t9-,11?,12+,13+;9-,11?,12-,13-;9-,11+,12?,13+;12?,13-/m1001/s1. The first kappa shape index (κ1) is 49.9. The number of epoxide rings is 1. The summed E-state index contributed by atoms with van der Waals surface area (Å²) in [6, 6.07) is 0. The largest absolute Gasteiger partial charge is 0.393 e. The summed E-state index contributed by atoms with van der Waals surface area (Å²) >= 11 is 14.0. The molecule has 60 heavy (non-hydrogen) atoms. The number of ether oxygens (including phenoxy) is 1. The highest BCUT2D eigenvalue weighted by Gasteiger charge is 2.70. The second kappa shape index (κ2) is 19.7. The van der Waals surface area contributed by atoms with Crippen LogP contribution in [-0.2, 0) is 4.74 Å². The van der Waals surface area contributed by atoms with Gasteiger partial charge < -0.3 is 20.1 Å². The maximum Gasteiger partial charge on any atom is 0.100 e. The third-order valence-corrected chi connectivity index (χ3v) is 21.7. The minimum Gasteiger partial charge on any atom is -0.393 e. The minimum atomic E-state index is -0.903. The number of halogens is 4. The van der Waals surface area contributed by atoms with Gasteiger partial charge in [0, 0.05) is 10.8 Å². The molecule has 14 atom stereocenters. The zero-order valence-corrected chi connectivity index (χ0v) is 44.8. The first-order valence-electron chi connectivity index (χ1n) is 24.0. The molecule has 8 aliphatic carbocycles. The summed E-state index contributed by atoms with van der Waals surface area (Å²) in [5.74, 6) is 3.24. The molecule has 4 unspecified atom stereocenters. The van der Waals surface area contributed by atoms with Crippen LogP contribution in [0.15, 0.2) is 53.9 Å². The number of fused-ring (bicyclic) bond motifs is 5. The van der Waals surface area contributed by atoms with Crippen LogP contribution < -0.4 is 0 Å². The molecule has 8 heteroatoms. The molecule has 8 saturated carbocycles. The van der Waals surface area contributed by atoms with Gasteiger partial charge in [0.1, 0.15) is 5.60 Å². The fourth-order valence-electron chi connectivity index (χ4n) is 15.8. The fourth-order valence-corrected chi connectivity index (χ4v) is 17.9. The highest BCUT2D eigenvalue weighted by Crippen LogP contribution is 2.68. The Morgan fingerprint density at radius 2 is 1.08 bits per heavy atom. The molecule has 1 saturated heterocycles. The SMILES string of the molecule is C/C=C1\CCC2/C(=C/Br)CCC[C@]12C.C[C@@H](O)[C@@]1(O)CCC2/C(=C/Br)CCC[C@@]21C.C[C@@H]1O[C@@]12CCC1/C(=C/Br)CCC[C@@]12C.C[C@H](O)[C@H]1CCC2/C(=C/Br)CCC[C@@]21C. The molecular weight excluding hydrogens is 1010 g/mol. The van der Waals surface area contributed by atoms with Gasteiger partial charge in [0.2, 0.25) is 0 Å². The molecule has 1 heterocycles.